The number of hydrogen-bond acceptors (Lipinski definition) is 4. The third-order valence-electron chi connectivity index (χ3n) is 3.81. The number of amides is 1. The molecule has 1 aliphatic heterocycles. The number of nitrogens with one attached hydrogen (secondary N) is 2. The molecular formula is C14H18BrN3O3. The van der Waals surface area contributed by atoms with Crippen LogP contribution in [0.25, 0.3) is 0 Å². The number of nitro groups is 1. The minimum atomic E-state index is -0.470. The van der Waals surface area contributed by atoms with Crippen LogP contribution in [0.2, 0.25) is 0 Å². The molecule has 0 bridgehead atoms. The lowest BCUT2D eigenvalue weighted by atomic mass is 9.77. The lowest BCUT2D eigenvalue weighted by molar-refractivity contribution is -0.384. The summed E-state index contributed by atoms with van der Waals surface area (Å²) in [6.07, 6.45) is 2.04. The highest BCUT2D eigenvalue weighted by atomic mass is 79.9. The van der Waals surface area contributed by atoms with Crippen molar-refractivity contribution in [3.8, 4) is 0 Å². The molecule has 6 nitrogen and oxygen atoms in total. The minimum absolute atomic E-state index is 0.0176. The molecule has 7 heteroatoms. The minimum Gasteiger partial charge on any atom is -0.324 e. The average molecular weight is 356 g/mol. The van der Waals surface area contributed by atoms with Gasteiger partial charge in [-0.2, -0.15) is 0 Å². The number of carbonyl (C=O) groups is 1. The van der Waals surface area contributed by atoms with Gasteiger partial charge in [0.05, 0.1) is 16.7 Å². The van der Waals surface area contributed by atoms with Crippen LogP contribution in [0.5, 0.6) is 0 Å². The van der Waals surface area contributed by atoms with Gasteiger partial charge in [0.25, 0.3) is 5.69 Å². The molecule has 1 unspecified atom stereocenters. The van der Waals surface area contributed by atoms with Gasteiger partial charge in [0.15, 0.2) is 0 Å². The molecule has 2 N–H and O–H groups in total. The van der Waals surface area contributed by atoms with Crippen molar-refractivity contribution in [2.75, 3.05) is 11.9 Å². The Bertz CT molecular complexity index is 575. The number of piperidine rings is 1. The summed E-state index contributed by atoms with van der Waals surface area (Å²) in [7, 11) is 0. The predicted octanol–water partition coefficient (Wildman–Crippen LogP) is 3.07. The van der Waals surface area contributed by atoms with Crippen molar-refractivity contribution in [3.63, 3.8) is 0 Å². The smallest absolute Gasteiger partial charge is 0.270 e. The second kappa shape index (κ2) is 6.11. The zero-order chi connectivity index (χ0) is 15.6. The van der Waals surface area contributed by atoms with E-state index >= 15 is 0 Å². The summed E-state index contributed by atoms with van der Waals surface area (Å²) in [5.74, 6) is -0.116. The monoisotopic (exact) mass is 355 g/mol. The van der Waals surface area contributed by atoms with Gasteiger partial charge in [-0.1, -0.05) is 13.8 Å². The van der Waals surface area contributed by atoms with E-state index in [1.54, 1.807) is 0 Å². The Morgan fingerprint density at radius 3 is 2.81 bits per heavy atom. The lowest BCUT2D eigenvalue weighted by Crippen LogP contribution is -2.53. The highest BCUT2D eigenvalue weighted by Crippen LogP contribution is 2.32. The van der Waals surface area contributed by atoms with E-state index in [-0.39, 0.29) is 23.1 Å². The molecule has 1 saturated heterocycles. The first-order valence-corrected chi connectivity index (χ1v) is 7.59. The Kier molecular flexibility index (Phi) is 4.63. The first-order valence-electron chi connectivity index (χ1n) is 6.79. The molecule has 114 valence electrons. The van der Waals surface area contributed by atoms with Gasteiger partial charge >= 0.3 is 0 Å². The molecule has 0 aliphatic carbocycles. The Morgan fingerprint density at radius 2 is 2.24 bits per heavy atom. The third-order valence-corrected chi connectivity index (χ3v) is 4.47. The average Bonchev–Trinajstić information content (AvgIpc) is 2.40. The molecule has 1 aromatic rings. The highest BCUT2D eigenvalue weighted by Gasteiger charge is 2.37. The molecule has 1 aliphatic rings. The SMILES string of the molecule is CC1(C)CCCNC1C(=O)Nc1ccc([N+](=O)[O-])cc1Br. The topological polar surface area (TPSA) is 84.3 Å². The van der Waals surface area contributed by atoms with Crippen LogP contribution < -0.4 is 10.6 Å². The molecule has 0 radical (unpaired) electrons. The maximum Gasteiger partial charge on any atom is 0.270 e. The maximum absolute atomic E-state index is 12.4. The van der Waals surface area contributed by atoms with Crippen LogP contribution >= 0.6 is 15.9 Å². The van der Waals surface area contributed by atoms with Gasteiger partial charge in [-0.05, 0) is 46.8 Å². The quantitative estimate of drug-likeness (QED) is 0.644. The second-order valence-electron chi connectivity index (χ2n) is 5.89. The Balaban J connectivity index is 2.14. The summed E-state index contributed by atoms with van der Waals surface area (Å²) in [5, 5.41) is 16.8. The number of non-ortho nitro benzene ring substituents is 1. The number of anilines is 1. The van der Waals surface area contributed by atoms with Crippen molar-refractivity contribution in [3.05, 3.63) is 32.8 Å². The summed E-state index contributed by atoms with van der Waals surface area (Å²) in [6, 6.07) is 4.03. The van der Waals surface area contributed by atoms with Crippen LogP contribution in [-0.4, -0.2) is 23.4 Å². The van der Waals surface area contributed by atoms with Gasteiger partial charge in [0.2, 0.25) is 5.91 Å². The zero-order valence-electron chi connectivity index (χ0n) is 12.0. The van der Waals surface area contributed by atoms with E-state index in [4.69, 9.17) is 0 Å². The third kappa shape index (κ3) is 3.59. The van der Waals surface area contributed by atoms with Crippen LogP contribution in [-0.2, 0) is 4.79 Å². The van der Waals surface area contributed by atoms with E-state index in [0.717, 1.165) is 19.4 Å². The fourth-order valence-electron chi connectivity index (χ4n) is 2.58. The number of halogens is 1. The fourth-order valence-corrected chi connectivity index (χ4v) is 3.05. The Morgan fingerprint density at radius 1 is 1.52 bits per heavy atom. The van der Waals surface area contributed by atoms with Crippen LogP contribution in [0.3, 0.4) is 0 Å². The van der Waals surface area contributed by atoms with Gasteiger partial charge in [-0.15, -0.1) is 0 Å². The predicted molar refractivity (Wildman–Crippen MR) is 84.2 cm³/mol. The Labute approximate surface area is 131 Å². The van der Waals surface area contributed by atoms with Gasteiger partial charge in [-0.25, -0.2) is 0 Å². The molecule has 1 heterocycles. The number of nitro benzene ring substituents is 1. The van der Waals surface area contributed by atoms with Gasteiger partial charge < -0.3 is 10.6 Å². The van der Waals surface area contributed by atoms with Crippen LogP contribution in [0.4, 0.5) is 11.4 Å². The van der Waals surface area contributed by atoms with Crippen molar-refractivity contribution < 1.29 is 9.72 Å². The number of hydrogen-bond donors (Lipinski definition) is 2. The first-order chi connectivity index (χ1) is 9.81. The number of carbonyl (C=O) groups excluding carboxylic acids is 1. The molecule has 1 atom stereocenters. The number of nitrogens with zero attached hydrogens (tertiary/aromatic N) is 1. The van der Waals surface area contributed by atoms with E-state index in [2.05, 4.69) is 40.4 Å². The van der Waals surface area contributed by atoms with E-state index in [9.17, 15) is 14.9 Å². The maximum atomic E-state index is 12.4. The molecule has 0 spiro atoms. The van der Waals surface area contributed by atoms with E-state index in [1.807, 2.05) is 0 Å². The van der Waals surface area contributed by atoms with Crippen LogP contribution in [0.15, 0.2) is 22.7 Å². The normalized spacial score (nSPS) is 20.8. The van der Waals surface area contributed by atoms with E-state index in [1.165, 1.54) is 18.2 Å². The molecule has 1 amide bonds. The van der Waals surface area contributed by atoms with Gasteiger partial charge in [0.1, 0.15) is 0 Å². The molecule has 1 fully saturated rings. The van der Waals surface area contributed by atoms with Gasteiger partial charge in [-0.3, -0.25) is 14.9 Å². The standard InChI is InChI=1S/C14H18BrN3O3/c1-14(2)6-3-7-16-12(14)13(19)17-11-5-4-9(18(20)21)8-10(11)15/h4-5,8,12,16H,3,6-7H2,1-2H3,(H,17,19). The summed E-state index contributed by atoms with van der Waals surface area (Å²) < 4.78 is 0.499. The highest BCUT2D eigenvalue weighted by molar-refractivity contribution is 9.10. The molecular weight excluding hydrogens is 338 g/mol. The van der Waals surface area contributed by atoms with Crippen LogP contribution in [0, 0.1) is 15.5 Å². The van der Waals surface area contributed by atoms with E-state index < -0.39 is 4.92 Å². The number of rotatable bonds is 3. The van der Waals surface area contributed by atoms with Crippen molar-refractivity contribution in [2.45, 2.75) is 32.7 Å². The first kappa shape index (κ1) is 15.9. The molecule has 1 aromatic carbocycles. The van der Waals surface area contributed by atoms with E-state index in [0.29, 0.717) is 10.2 Å². The fraction of sp³-hybridized carbons (Fsp3) is 0.500. The summed E-state index contributed by atoms with van der Waals surface area (Å²) in [6.45, 7) is 4.95. The summed E-state index contributed by atoms with van der Waals surface area (Å²) in [4.78, 5) is 22.7. The van der Waals surface area contributed by atoms with Crippen molar-refractivity contribution in [1.82, 2.24) is 5.32 Å². The number of benzene rings is 1. The Hall–Kier alpha value is -1.47. The van der Waals surface area contributed by atoms with Crippen molar-refractivity contribution in [2.24, 2.45) is 5.41 Å². The lowest BCUT2D eigenvalue weighted by Gasteiger charge is -2.38. The second-order valence-corrected chi connectivity index (χ2v) is 6.74. The molecule has 21 heavy (non-hydrogen) atoms. The largest absolute Gasteiger partial charge is 0.324 e. The molecule has 0 aromatic heterocycles. The van der Waals surface area contributed by atoms with Crippen LogP contribution in [0.1, 0.15) is 26.7 Å². The molecule has 2 rings (SSSR count). The van der Waals surface area contributed by atoms with Crippen molar-refractivity contribution >= 4 is 33.2 Å². The van der Waals surface area contributed by atoms with Gasteiger partial charge in [0, 0.05) is 16.6 Å². The summed E-state index contributed by atoms with van der Waals surface area (Å²) >= 11 is 3.26. The van der Waals surface area contributed by atoms with Crippen molar-refractivity contribution in [1.29, 1.82) is 0 Å². The summed E-state index contributed by atoms with van der Waals surface area (Å²) in [5.41, 5.74) is 0.403. The zero-order valence-corrected chi connectivity index (χ0v) is 13.6. The molecule has 0 saturated carbocycles.